The van der Waals surface area contributed by atoms with Gasteiger partial charge < -0.3 is 5.32 Å². The van der Waals surface area contributed by atoms with Crippen LogP contribution in [0.2, 0.25) is 5.02 Å². The van der Waals surface area contributed by atoms with Gasteiger partial charge in [0.2, 0.25) is 0 Å². The zero-order valence-corrected chi connectivity index (χ0v) is 16.0. The molecular formula is C21H16ClN5O2. The minimum atomic E-state index is -0.381. The lowest BCUT2D eigenvalue weighted by atomic mass is 10.3. The Morgan fingerprint density at radius 1 is 0.966 bits per heavy atom. The molecule has 1 N–H and O–H groups in total. The zero-order chi connectivity index (χ0) is 20.2. The van der Waals surface area contributed by atoms with Crippen LogP contribution in [0.15, 0.2) is 83.9 Å². The predicted octanol–water partition coefficient (Wildman–Crippen LogP) is 3.00. The minimum absolute atomic E-state index is 0.151. The maximum atomic E-state index is 12.5. The molecule has 1 amide bonds. The van der Waals surface area contributed by atoms with Gasteiger partial charge >= 0.3 is 0 Å². The van der Waals surface area contributed by atoms with Crippen molar-refractivity contribution in [2.75, 3.05) is 0 Å². The lowest BCUT2D eigenvalue weighted by Gasteiger charge is -2.07. The molecule has 0 bridgehead atoms. The number of carbonyl (C=O) groups is 1. The molecule has 2 heterocycles. The van der Waals surface area contributed by atoms with Gasteiger partial charge in [0.05, 0.1) is 17.6 Å². The van der Waals surface area contributed by atoms with E-state index in [9.17, 15) is 9.59 Å². The smallest absolute Gasteiger partial charge is 0.272 e. The number of nitrogens with zero attached hydrogens (tertiary/aromatic N) is 4. The first-order valence-corrected chi connectivity index (χ1v) is 9.21. The fourth-order valence-electron chi connectivity index (χ4n) is 2.75. The lowest BCUT2D eigenvalue weighted by Crippen LogP contribution is -2.28. The Labute approximate surface area is 171 Å². The third-order valence-corrected chi connectivity index (χ3v) is 4.47. The van der Waals surface area contributed by atoms with E-state index in [-0.39, 0.29) is 23.7 Å². The summed E-state index contributed by atoms with van der Waals surface area (Å²) in [5.41, 5.74) is 2.13. The summed E-state index contributed by atoms with van der Waals surface area (Å²) in [5, 5.41) is 11.9. The van der Waals surface area contributed by atoms with Gasteiger partial charge in [-0.05, 0) is 42.5 Å². The summed E-state index contributed by atoms with van der Waals surface area (Å²) < 4.78 is 2.90. The maximum Gasteiger partial charge on any atom is 0.272 e. The van der Waals surface area contributed by atoms with Gasteiger partial charge in [0.25, 0.3) is 11.5 Å². The summed E-state index contributed by atoms with van der Waals surface area (Å²) in [6.07, 6.45) is 3.50. The molecule has 2 aromatic carbocycles. The van der Waals surface area contributed by atoms with Gasteiger partial charge in [-0.15, -0.1) is 0 Å². The molecule has 8 heteroatoms. The topological polar surface area (TPSA) is 81.8 Å². The summed E-state index contributed by atoms with van der Waals surface area (Å²) >= 11 is 5.90. The molecule has 4 aromatic rings. The van der Waals surface area contributed by atoms with E-state index < -0.39 is 0 Å². The summed E-state index contributed by atoms with van der Waals surface area (Å²) in [6, 6.07) is 19.0. The van der Waals surface area contributed by atoms with Gasteiger partial charge in [-0.1, -0.05) is 29.8 Å². The van der Waals surface area contributed by atoms with E-state index in [4.69, 9.17) is 11.6 Å². The highest BCUT2D eigenvalue weighted by Gasteiger charge is 2.11. The van der Waals surface area contributed by atoms with Crippen LogP contribution in [0.1, 0.15) is 16.1 Å². The van der Waals surface area contributed by atoms with Crippen molar-refractivity contribution in [3.63, 3.8) is 0 Å². The van der Waals surface area contributed by atoms with Crippen molar-refractivity contribution in [3.05, 3.63) is 106 Å². The molecule has 0 saturated carbocycles. The van der Waals surface area contributed by atoms with Crippen LogP contribution in [0.3, 0.4) is 0 Å². The molecule has 2 aromatic heterocycles. The van der Waals surface area contributed by atoms with Gasteiger partial charge in [-0.25, -0.2) is 4.68 Å². The fraction of sp³-hybridized carbons (Fsp3) is 0.0476. The molecule has 0 aliphatic carbocycles. The van der Waals surface area contributed by atoms with E-state index in [1.54, 1.807) is 47.3 Å². The van der Waals surface area contributed by atoms with Crippen molar-refractivity contribution in [2.45, 2.75) is 6.54 Å². The van der Waals surface area contributed by atoms with Gasteiger partial charge in [-0.2, -0.15) is 14.9 Å². The number of nitrogens with one attached hydrogen (secondary N) is 1. The largest absolute Gasteiger partial charge is 0.346 e. The quantitative estimate of drug-likeness (QED) is 0.553. The number of carbonyl (C=O) groups excluding carboxylic acids is 1. The average molecular weight is 406 g/mol. The van der Waals surface area contributed by atoms with Crippen molar-refractivity contribution in [1.82, 2.24) is 24.9 Å². The molecule has 7 nitrogen and oxygen atoms in total. The molecule has 0 aliphatic rings. The van der Waals surface area contributed by atoms with Crippen LogP contribution in [-0.4, -0.2) is 25.5 Å². The van der Waals surface area contributed by atoms with Crippen LogP contribution in [0.4, 0.5) is 0 Å². The Morgan fingerprint density at radius 3 is 2.48 bits per heavy atom. The van der Waals surface area contributed by atoms with Crippen molar-refractivity contribution in [1.29, 1.82) is 0 Å². The first-order valence-electron chi connectivity index (χ1n) is 8.84. The van der Waals surface area contributed by atoms with Crippen LogP contribution in [0, 0.1) is 0 Å². The number of hydrogen-bond acceptors (Lipinski definition) is 4. The highest BCUT2D eigenvalue weighted by molar-refractivity contribution is 6.30. The van der Waals surface area contributed by atoms with E-state index in [1.165, 1.54) is 16.8 Å². The van der Waals surface area contributed by atoms with E-state index in [0.717, 1.165) is 11.3 Å². The maximum absolute atomic E-state index is 12.5. The Balaban J connectivity index is 1.47. The molecule has 0 unspecified atom stereocenters. The number of amides is 1. The lowest BCUT2D eigenvalue weighted by molar-refractivity contribution is 0.0944. The monoisotopic (exact) mass is 405 g/mol. The van der Waals surface area contributed by atoms with E-state index >= 15 is 0 Å². The fourth-order valence-corrected chi connectivity index (χ4v) is 2.87. The molecule has 144 valence electrons. The summed E-state index contributed by atoms with van der Waals surface area (Å²) in [6.45, 7) is 0.276. The van der Waals surface area contributed by atoms with Crippen LogP contribution in [0.5, 0.6) is 0 Å². The summed E-state index contributed by atoms with van der Waals surface area (Å²) in [5.74, 6) is -0.381. The second-order valence-corrected chi connectivity index (χ2v) is 6.69. The SMILES string of the molecule is O=C(NCc1cnn(-c2ccc(Cl)cc2)c1)c1ccc(=O)n(-c2ccccc2)n1. The highest BCUT2D eigenvalue weighted by Crippen LogP contribution is 2.13. The van der Waals surface area contributed by atoms with Crippen molar-refractivity contribution in [3.8, 4) is 11.4 Å². The molecule has 0 saturated heterocycles. The first kappa shape index (κ1) is 18.6. The number of benzene rings is 2. The average Bonchev–Trinajstić information content (AvgIpc) is 3.22. The standard InChI is InChI=1S/C21H16ClN5O2/c22-16-6-8-17(9-7-16)26-14-15(13-24-26)12-23-21(29)19-10-11-20(28)27(25-19)18-4-2-1-3-5-18/h1-11,13-14H,12H2,(H,23,29). The predicted molar refractivity (Wildman–Crippen MR) is 110 cm³/mol. The number of rotatable bonds is 5. The van der Waals surface area contributed by atoms with Crippen LogP contribution in [0.25, 0.3) is 11.4 Å². The van der Waals surface area contributed by atoms with Gasteiger partial charge in [0.15, 0.2) is 0 Å². The highest BCUT2D eigenvalue weighted by atomic mass is 35.5. The van der Waals surface area contributed by atoms with Gasteiger partial charge in [0, 0.05) is 29.4 Å². The first-order chi connectivity index (χ1) is 14.1. The number of hydrogen-bond donors (Lipinski definition) is 1. The Hall–Kier alpha value is -3.71. The zero-order valence-electron chi connectivity index (χ0n) is 15.2. The normalized spacial score (nSPS) is 10.7. The number of halogens is 1. The van der Waals surface area contributed by atoms with Gasteiger partial charge in [-0.3, -0.25) is 9.59 Å². The number of aromatic nitrogens is 4. The Morgan fingerprint density at radius 2 is 1.72 bits per heavy atom. The second kappa shape index (κ2) is 8.12. The molecule has 0 fully saturated rings. The Kier molecular flexibility index (Phi) is 5.22. The van der Waals surface area contributed by atoms with Crippen LogP contribution < -0.4 is 10.9 Å². The molecule has 4 rings (SSSR count). The molecule has 0 radical (unpaired) electrons. The summed E-state index contributed by atoms with van der Waals surface area (Å²) in [4.78, 5) is 24.6. The minimum Gasteiger partial charge on any atom is -0.346 e. The van der Waals surface area contributed by atoms with Crippen molar-refractivity contribution >= 4 is 17.5 Å². The van der Waals surface area contributed by atoms with E-state index in [1.807, 2.05) is 24.4 Å². The second-order valence-electron chi connectivity index (χ2n) is 6.26. The van der Waals surface area contributed by atoms with E-state index in [0.29, 0.717) is 10.7 Å². The van der Waals surface area contributed by atoms with Crippen LogP contribution in [-0.2, 0) is 6.54 Å². The number of para-hydroxylation sites is 1. The summed E-state index contributed by atoms with van der Waals surface area (Å²) in [7, 11) is 0. The van der Waals surface area contributed by atoms with E-state index in [2.05, 4.69) is 15.5 Å². The molecular weight excluding hydrogens is 390 g/mol. The van der Waals surface area contributed by atoms with Crippen molar-refractivity contribution in [2.24, 2.45) is 0 Å². The molecule has 0 aliphatic heterocycles. The van der Waals surface area contributed by atoms with Crippen molar-refractivity contribution < 1.29 is 4.79 Å². The molecule has 0 atom stereocenters. The third kappa shape index (κ3) is 4.25. The Bertz CT molecular complexity index is 1200. The molecule has 0 spiro atoms. The molecule has 29 heavy (non-hydrogen) atoms. The third-order valence-electron chi connectivity index (χ3n) is 4.21. The van der Waals surface area contributed by atoms with Crippen LogP contribution >= 0.6 is 11.6 Å². The van der Waals surface area contributed by atoms with Gasteiger partial charge in [0.1, 0.15) is 5.69 Å².